The monoisotopic (exact) mass is 253 g/mol. The lowest BCUT2D eigenvalue weighted by Crippen LogP contribution is -2.38. The van der Waals surface area contributed by atoms with E-state index in [1.807, 2.05) is 39.8 Å². The Morgan fingerprint density at radius 2 is 1.94 bits per heavy atom. The third-order valence-corrected chi connectivity index (χ3v) is 5.24. The van der Waals surface area contributed by atoms with Crippen molar-refractivity contribution in [2.75, 3.05) is 11.1 Å². The summed E-state index contributed by atoms with van der Waals surface area (Å²) in [5, 5.41) is 3.35. The van der Waals surface area contributed by atoms with Crippen molar-refractivity contribution >= 4 is 15.5 Å². The van der Waals surface area contributed by atoms with Gasteiger partial charge in [-0.1, -0.05) is 19.9 Å². The zero-order chi connectivity index (χ0) is 12.8. The lowest BCUT2D eigenvalue weighted by atomic mass is 10.0. The van der Waals surface area contributed by atoms with Crippen molar-refractivity contribution < 1.29 is 8.42 Å². The van der Waals surface area contributed by atoms with Gasteiger partial charge in [-0.25, -0.2) is 8.42 Å². The van der Waals surface area contributed by atoms with E-state index in [1.165, 1.54) is 0 Å². The fourth-order valence-electron chi connectivity index (χ4n) is 2.39. The fraction of sp³-hybridized carbons (Fsp3) is 0.538. The van der Waals surface area contributed by atoms with Crippen LogP contribution in [0.3, 0.4) is 0 Å². The Kier molecular flexibility index (Phi) is 2.94. The van der Waals surface area contributed by atoms with Crippen molar-refractivity contribution in [3.05, 3.63) is 23.3 Å². The van der Waals surface area contributed by atoms with Crippen molar-refractivity contribution in [1.29, 1.82) is 0 Å². The predicted molar refractivity (Wildman–Crippen MR) is 70.2 cm³/mol. The molecule has 1 atom stereocenters. The van der Waals surface area contributed by atoms with Crippen LogP contribution in [0.4, 0.5) is 5.69 Å². The number of benzene rings is 1. The number of hydrogen-bond acceptors (Lipinski definition) is 3. The number of anilines is 1. The first-order chi connectivity index (χ1) is 7.81. The molecule has 3 nitrogen and oxygen atoms in total. The molecule has 0 amide bonds. The maximum Gasteiger partial charge on any atom is 0.182 e. The second kappa shape index (κ2) is 4.02. The number of aryl methyl sites for hydroxylation is 2. The van der Waals surface area contributed by atoms with Crippen molar-refractivity contribution in [2.24, 2.45) is 5.92 Å². The summed E-state index contributed by atoms with van der Waals surface area (Å²) < 4.78 is 24.6. The van der Waals surface area contributed by atoms with Crippen LogP contribution in [-0.4, -0.2) is 20.2 Å². The van der Waals surface area contributed by atoms with E-state index >= 15 is 0 Å². The second-order valence-corrected chi connectivity index (χ2v) is 7.21. The molecule has 1 N–H and O–H groups in total. The normalized spacial score (nSPS) is 22.1. The van der Waals surface area contributed by atoms with Crippen LogP contribution in [-0.2, 0) is 9.84 Å². The molecule has 1 aromatic rings. The molecule has 0 radical (unpaired) electrons. The van der Waals surface area contributed by atoms with E-state index in [1.54, 1.807) is 0 Å². The Hall–Kier alpha value is -1.03. The van der Waals surface area contributed by atoms with E-state index in [9.17, 15) is 8.42 Å². The molecular formula is C13H19NO2S. The van der Waals surface area contributed by atoms with Crippen LogP contribution in [0.15, 0.2) is 17.0 Å². The third kappa shape index (κ3) is 2.18. The molecule has 0 saturated carbocycles. The Morgan fingerprint density at radius 3 is 2.53 bits per heavy atom. The Balaban J connectivity index is 2.61. The maximum atomic E-state index is 12.3. The zero-order valence-electron chi connectivity index (χ0n) is 10.7. The lowest BCUT2D eigenvalue weighted by molar-refractivity contribution is 0.531. The van der Waals surface area contributed by atoms with E-state index in [-0.39, 0.29) is 11.8 Å². The predicted octanol–water partition coefficient (Wildman–Crippen LogP) is 2.53. The minimum atomic E-state index is -3.15. The molecule has 0 saturated heterocycles. The van der Waals surface area contributed by atoms with Crippen LogP contribution in [0.2, 0.25) is 0 Å². The Bertz CT molecular complexity index is 547. The molecule has 0 aromatic heterocycles. The number of fused-ring (bicyclic) bond motifs is 1. The molecule has 1 aliphatic heterocycles. The van der Waals surface area contributed by atoms with Crippen LogP contribution < -0.4 is 5.32 Å². The molecule has 2 rings (SSSR count). The van der Waals surface area contributed by atoms with Crippen LogP contribution in [0.5, 0.6) is 0 Å². The van der Waals surface area contributed by atoms with Gasteiger partial charge in [0.15, 0.2) is 9.84 Å². The van der Waals surface area contributed by atoms with E-state index in [0.717, 1.165) is 16.8 Å². The number of hydrogen-bond donors (Lipinski definition) is 1. The van der Waals surface area contributed by atoms with Gasteiger partial charge in [0.05, 0.1) is 16.3 Å². The highest BCUT2D eigenvalue weighted by atomic mass is 32.2. The average molecular weight is 253 g/mol. The summed E-state index contributed by atoms with van der Waals surface area (Å²) in [6.07, 6.45) is 0. The standard InChI is InChI=1S/C13H19NO2S/c1-8(2)12-7-17(15,16)13-10(4)5-9(3)6-11(13)14-12/h5-6,8,12,14H,7H2,1-4H3. The molecule has 0 spiro atoms. The van der Waals surface area contributed by atoms with Gasteiger partial charge in [-0.15, -0.1) is 0 Å². The summed E-state index contributed by atoms with van der Waals surface area (Å²) in [7, 11) is -3.15. The van der Waals surface area contributed by atoms with Gasteiger partial charge >= 0.3 is 0 Å². The second-order valence-electron chi connectivity index (χ2n) is 5.23. The number of sulfone groups is 1. The third-order valence-electron chi connectivity index (χ3n) is 3.27. The van der Waals surface area contributed by atoms with Gasteiger partial charge in [0.1, 0.15) is 0 Å². The number of rotatable bonds is 1. The largest absolute Gasteiger partial charge is 0.380 e. The molecule has 1 heterocycles. The fourth-order valence-corrected chi connectivity index (χ4v) is 4.50. The van der Waals surface area contributed by atoms with E-state index in [2.05, 4.69) is 5.32 Å². The van der Waals surface area contributed by atoms with Gasteiger partial charge in [0.25, 0.3) is 0 Å². The van der Waals surface area contributed by atoms with Crippen molar-refractivity contribution in [1.82, 2.24) is 0 Å². The SMILES string of the molecule is Cc1cc(C)c2c(c1)NC(C(C)C)CS2(=O)=O. The first kappa shape index (κ1) is 12.4. The first-order valence-corrected chi connectivity index (χ1v) is 7.57. The quantitative estimate of drug-likeness (QED) is 0.836. The summed E-state index contributed by atoms with van der Waals surface area (Å²) in [5.41, 5.74) is 2.70. The highest BCUT2D eigenvalue weighted by molar-refractivity contribution is 7.91. The zero-order valence-corrected chi connectivity index (χ0v) is 11.6. The smallest absolute Gasteiger partial charge is 0.182 e. The van der Waals surface area contributed by atoms with Gasteiger partial charge in [0.2, 0.25) is 0 Å². The van der Waals surface area contributed by atoms with Crippen molar-refractivity contribution in [3.8, 4) is 0 Å². The summed E-state index contributed by atoms with van der Waals surface area (Å²) in [4.78, 5) is 0.486. The van der Waals surface area contributed by atoms with Crippen LogP contribution in [0.1, 0.15) is 25.0 Å². The highest BCUT2D eigenvalue weighted by Gasteiger charge is 2.32. The summed E-state index contributed by atoms with van der Waals surface area (Å²) in [5.74, 6) is 0.500. The van der Waals surface area contributed by atoms with Gasteiger partial charge < -0.3 is 5.32 Å². The molecular weight excluding hydrogens is 234 g/mol. The molecule has 4 heteroatoms. The molecule has 1 aromatic carbocycles. The topological polar surface area (TPSA) is 46.2 Å². The van der Waals surface area contributed by atoms with Crippen LogP contribution in [0, 0.1) is 19.8 Å². The van der Waals surface area contributed by atoms with Crippen molar-refractivity contribution in [2.45, 2.75) is 38.6 Å². The highest BCUT2D eigenvalue weighted by Crippen LogP contribution is 2.33. The molecule has 0 bridgehead atoms. The lowest BCUT2D eigenvalue weighted by Gasteiger charge is -2.30. The molecule has 0 fully saturated rings. The van der Waals surface area contributed by atoms with Crippen LogP contribution >= 0.6 is 0 Å². The molecule has 1 aliphatic rings. The maximum absolute atomic E-state index is 12.3. The van der Waals surface area contributed by atoms with Gasteiger partial charge in [-0.2, -0.15) is 0 Å². The molecule has 1 unspecified atom stereocenters. The summed E-state index contributed by atoms with van der Waals surface area (Å²) in [6, 6.07) is 3.86. The van der Waals surface area contributed by atoms with Gasteiger partial charge in [-0.3, -0.25) is 0 Å². The Labute approximate surface area is 103 Å². The number of nitrogens with one attached hydrogen (secondary N) is 1. The van der Waals surface area contributed by atoms with Gasteiger partial charge in [0, 0.05) is 6.04 Å². The summed E-state index contributed by atoms with van der Waals surface area (Å²) >= 11 is 0. The van der Waals surface area contributed by atoms with Crippen molar-refractivity contribution in [3.63, 3.8) is 0 Å². The molecule has 0 aliphatic carbocycles. The van der Waals surface area contributed by atoms with E-state index < -0.39 is 9.84 Å². The average Bonchev–Trinajstić information content (AvgIpc) is 2.13. The Morgan fingerprint density at radius 1 is 1.29 bits per heavy atom. The summed E-state index contributed by atoms with van der Waals surface area (Å²) in [6.45, 7) is 7.93. The van der Waals surface area contributed by atoms with E-state index in [0.29, 0.717) is 10.8 Å². The van der Waals surface area contributed by atoms with Gasteiger partial charge in [-0.05, 0) is 37.0 Å². The molecule has 17 heavy (non-hydrogen) atoms. The minimum absolute atomic E-state index is 0.00806. The van der Waals surface area contributed by atoms with Crippen LogP contribution in [0.25, 0.3) is 0 Å². The molecule has 94 valence electrons. The minimum Gasteiger partial charge on any atom is -0.380 e. The van der Waals surface area contributed by atoms with E-state index in [4.69, 9.17) is 0 Å². The first-order valence-electron chi connectivity index (χ1n) is 5.92.